The first kappa shape index (κ1) is 21.4. The molecule has 0 atom stereocenters. The van der Waals surface area contributed by atoms with E-state index in [0.29, 0.717) is 18.7 Å². The van der Waals surface area contributed by atoms with Gasteiger partial charge in [-0.2, -0.15) is 0 Å². The van der Waals surface area contributed by atoms with Crippen molar-refractivity contribution in [2.45, 2.75) is 31.7 Å². The number of hydrogen-bond donors (Lipinski definition) is 1. The van der Waals surface area contributed by atoms with Gasteiger partial charge in [0.2, 0.25) is 15.9 Å². The molecule has 2 aromatic rings. The molecule has 0 spiro atoms. The molecule has 0 radical (unpaired) electrons. The number of rotatable bonds is 7. The summed E-state index contributed by atoms with van der Waals surface area (Å²) in [6, 6.07) is 11.2. The van der Waals surface area contributed by atoms with Crippen molar-refractivity contribution in [2.24, 2.45) is 0 Å². The largest absolute Gasteiger partial charge is 0.340 e. The number of nitrogens with one attached hydrogen (secondary N) is 1. The second kappa shape index (κ2) is 9.47. The van der Waals surface area contributed by atoms with E-state index >= 15 is 0 Å². The fourth-order valence-corrected chi connectivity index (χ4v) is 4.76. The number of nitrogens with zero attached hydrogens (tertiary/aromatic N) is 3. The zero-order valence-electron chi connectivity index (χ0n) is 17.0. The Morgan fingerprint density at radius 1 is 1.10 bits per heavy atom. The van der Waals surface area contributed by atoms with Crippen LogP contribution < -0.4 is 4.72 Å². The molecule has 156 valence electrons. The van der Waals surface area contributed by atoms with E-state index < -0.39 is 10.0 Å². The van der Waals surface area contributed by atoms with Crippen LogP contribution in [0.5, 0.6) is 0 Å². The standard InChI is InChI=1S/C21H28N4O3S/c1-17-6-7-18(2)20(15-17)29(27,28)23-10-8-21(26)25-13-11-24(12-14-25)16-19-5-3-4-9-22-19/h3-7,9,15,23H,8,10-14,16H2,1-2H3. The van der Waals surface area contributed by atoms with Gasteiger partial charge in [0, 0.05) is 51.9 Å². The summed E-state index contributed by atoms with van der Waals surface area (Å²) in [6.45, 7) is 7.37. The Morgan fingerprint density at radius 3 is 2.55 bits per heavy atom. The van der Waals surface area contributed by atoms with E-state index in [0.717, 1.165) is 30.9 Å². The van der Waals surface area contributed by atoms with Gasteiger partial charge < -0.3 is 4.90 Å². The maximum Gasteiger partial charge on any atom is 0.240 e. The van der Waals surface area contributed by atoms with Gasteiger partial charge >= 0.3 is 0 Å². The van der Waals surface area contributed by atoms with Crippen molar-refractivity contribution < 1.29 is 13.2 Å². The van der Waals surface area contributed by atoms with E-state index in [1.54, 1.807) is 30.2 Å². The predicted molar refractivity (Wildman–Crippen MR) is 112 cm³/mol. The number of benzene rings is 1. The average Bonchev–Trinajstić information content (AvgIpc) is 2.71. The fraction of sp³-hybridized carbons (Fsp3) is 0.429. The Balaban J connectivity index is 1.45. The van der Waals surface area contributed by atoms with Crippen LogP contribution in [0, 0.1) is 13.8 Å². The van der Waals surface area contributed by atoms with Crippen LogP contribution in [0.15, 0.2) is 47.5 Å². The molecule has 29 heavy (non-hydrogen) atoms. The second-order valence-electron chi connectivity index (χ2n) is 7.39. The van der Waals surface area contributed by atoms with Gasteiger partial charge in [0.05, 0.1) is 10.6 Å². The Kier molecular flexibility index (Phi) is 7.00. The van der Waals surface area contributed by atoms with Gasteiger partial charge in [-0.3, -0.25) is 14.7 Å². The molecule has 0 aliphatic carbocycles. The number of carbonyl (C=O) groups is 1. The number of sulfonamides is 1. The van der Waals surface area contributed by atoms with Gasteiger partial charge in [-0.1, -0.05) is 18.2 Å². The van der Waals surface area contributed by atoms with Crippen molar-refractivity contribution in [2.75, 3.05) is 32.7 Å². The van der Waals surface area contributed by atoms with Crippen LogP contribution in [0.4, 0.5) is 0 Å². The van der Waals surface area contributed by atoms with Crippen LogP contribution in [0.25, 0.3) is 0 Å². The van der Waals surface area contributed by atoms with E-state index in [-0.39, 0.29) is 23.8 Å². The van der Waals surface area contributed by atoms with E-state index in [1.165, 1.54) is 0 Å². The van der Waals surface area contributed by atoms with E-state index in [1.807, 2.05) is 31.2 Å². The molecule has 1 amide bonds. The van der Waals surface area contributed by atoms with Crippen LogP contribution in [0.1, 0.15) is 23.2 Å². The molecule has 1 aliphatic rings. The molecular weight excluding hydrogens is 388 g/mol. The number of amides is 1. The first-order valence-corrected chi connectivity index (χ1v) is 11.3. The summed E-state index contributed by atoms with van der Waals surface area (Å²) in [5, 5.41) is 0. The third-order valence-corrected chi connectivity index (χ3v) is 6.70. The maximum atomic E-state index is 12.5. The number of piperazine rings is 1. The second-order valence-corrected chi connectivity index (χ2v) is 9.13. The molecular formula is C21H28N4O3S. The molecule has 1 N–H and O–H groups in total. The van der Waals surface area contributed by atoms with Gasteiger partial charge in [0.15, 0.2) is 0 Å². The first-order valence-electron chi connectivity index (χ1n) is 9.82. The van der Waals surface area contributed by atoms with Gasteiger partial charge in [0.25, 0.3) is 0 Å². The number of pyridine rings is 1. The average molecular weight is 417 g/mol. The van der Waals surface area contributed by atoms with Crippen molar-refractivity contribution in [3.05, 3.63) is 59.4 Å². The first-order chi connectivity index (χ1) is 13.8. The van der Waals surface area contributed by atoms with Crippen molar-refractivity contribution in [3.8, 4) is 0 Å². The molecule has 8 heteroatoms. The minimum Gasteiger partial charge on any atom is -0.340 e. The highest BCUT2D eigenvalue weighted by molar-refractivity contribution is 7.89. The van der Waals surface area contributed by atoms with Gasteiger partial charge in [-0.05, 0) is 43.2 Å². The molecule has 1 aromatic carbocycles. The quantitative estimate of drug-likeness (QED) is 0.743. The highest BCUT2D eigenvalue weighted by Crippen LogP contribution is 2.16. The lowest BCUT2D eigenvalue weighted by Gasteiger charge is -2.34. The predicted octanol–water partition coefficient (Wildman–Crippen LogP) is 1.71. The Labute approximate surface area is 172 Å². The summed E-state index contributed by atoms with van der Waals surface area (Å²) >= 11 is 0. The number of hydrogen-bond acceptors (Lipinski definition) is 5. The highest BCUT2D eigenvalue weighted by Gasteiger charge is 2.22. The third-order valence-electron chi connectivity index (χ3n) is 5.10. The Bertz CT molecular complexity index is 940. The van der Waals surface area contributed by atoms with Crippen LogP contribution >= 0.6 is 0 Å². The van der Waals surface area contributed by atoms with Crippen LogP contribution in [-0.2, 0) is 21.4 Å². The molecule has 0 saturated carbocycles. The summed E-state index contributed by atoms with van der Waals surface area (Å²) in [5.41, 5.74) is 2.60. The summed E-state index contributed by atoms with van der Waals surface area (Å²) < 4.78 is 27.6. The number of aromatic nitrogens is 1. The van der Waals surface area contributed by atoms with E-state index in [2.05, 4.69) is 14.6 Å². The summed E-state index contributed by atoms with van der Waals surface area (Å²) in [7, 11) is -3.62. The zero-order chi connectivity index (χ0) is 20.9. The van der Waals surface area contributed by atoms with Crippen molar-refractivity contribution in [1.82, 2.24) is 19.5 Å². The van der Waals surface area contributed by atoms with Gasteiger partial charge in [-0.15, -0.1) is 0 Å². The van der Waals surface area contributed by atoms with Crippen molar-refractivity contribution in [3.63, 3.8) is 0 Å². The van der Waals surface area contributed by atoms with Crippen LogP contribution in [0.2, 0.25) is 0 Å². The molecule has 0 unspecified atom stereocenters. The van der Waals surface area contributed by atoms with E-state index in [4.69, 9.17) is 0 Å². The molecule has 0 bridgehead atoms. The molecule has 1 fully saturated rings. The summed E-state index contributed by atoms with van der Waals surface area (Å²) in [6.07, 6.45) is 1.94. The zero-order valence-corrected chi connectivity index (χ0v) is 17.8. The monoisotopic (exact) mass is 416 g/mol. The Morgan fingerprint density at radius 2 is 1.86 bits per heavy atom. The van der Waals surface area contributed by atoms with Gasteiger partial charge in [-0.25, -0.2) is 13.1 Å². The molecule has 7 nitrogen and oxygen atoms in total. The topological polar surface area (TPSA) is 82.6 Å². The number of carbonyl (C=O) groups excluding carboxylic acids is 1. The number of aryl methyl sites for hydroxylation is 2. The molecule has 3 rings (SSSR count). The lowest BCUT2D eigenvalue weighted by molar-refractivity contribution is -0.132. The summed E-state index contributed by atoms with van der Waals surface area (Å²) in [5.74, 6) is -0.0221. The van der Waals surface area contributed by atoms with Crippen LogP contribution in [0.3, 0.4) is 0 Å². The minimum absolute atomic E-state index is 0.0221. The van der Waals surface area contributed by atoms with Crippen molar-refractivity contribution in [1.29, 1.82) is 0 Å². The fourth-order valence-electron chi connectivity index (χ4n) is 3.40. The molecule has 1 saturated heterocycles. The Hall–Kier alpha value is -2.29. The van der Waals surface area contributed by atoms with Crippen molar-refractivity contribution >= 4 is 15.9 Å². The molecule has 2 heterocycles. The lowest BCUT2D eigenvalue weighted by Crippen LogP contribution is -2.48. The van der Waals surface area contributed by atoms with Crippen LogP contribution in [-0.4, -0.2) is 61.8 Å². The normalized spacial score (nSPS) is 15.4. The maximum absolute atomic E-state index is 12.5. The van der Waals surface area contributed by atoms with Gasteiger partial charge in [0.1, 0.15) is 0 Å². The SMILES string of the molecule is Cc1ccc(C)c(S(=O)(=O)NCCC(=O)N2CCN(Cc3ccccn3)CC2)c1. The third kappa shape index (κ3) is 5.85. The molecule has 1 aliphatic heterocycles. The van der Waals surface area contributed by atoms with E-state index in [9.17, 15) is 13.2 Å². The lowest BCUT2D eigenvalue weighted by atomic mass is 10.2. The summed E-state index contributed by atoms with van der Waals surface area (Å²) in [4.78, 5) is 21.2. The smallest absolute Gasteiger partial charge is 0.240 e. The molecule has 1 aromatic heterocycles. The minimum atomic E-state index is -3.62. The highest BCUT2D eigenvalue weighted by atomic mass is 32.2.